The molecule has 4 nitrogen and oxygen atoms in total. The quantitative estimate of drug-likeness (QED) is 0.905. The van der Waals surface area contributed by atoms with Crippen molar-refractivity contribution in [2.45, 2.75) is 6.92 Å². The van der Waals surface area contributed by atoms with Crippen LogP contribution in [0.15, 0.2) is 36.5 Å². The maximum absolute atomic E-state index is 13.0. The summed E-state index contributed by atoms with van der Waals surface area (Å²) in [7, 11) is 0. The summed E-state index contributed by atoms with van der Waals surface area (Å²) in [6.07, 6.45) is 1.60. The van der Waals surface area contributed by atoms with Gasteiger partial charge in [0.05, 0.1) is 0 Å². The van der Waals surface area contributed by atoms with E-state index in [2.05, 4.69) is 4.98 Å². The molecule has 5 heteroatoms. The first-order chi connectivity index (χ1) is 8.56. The molecule has 0 saturated carbocycles. The molecule has 1 aromatic heterocycles. The molecule has 0 bridgehead atoms. The number of carbonyl (C=O) groups is 1. The Morgan fingerprint density at radius 1 is 1.33 bits per heavy atom. The fourth-order valence-electron chi connectivity index (χ4n) is 1.39. The third kappa shape index (κ3) is 2.63. The predicted octanol–water partition coefficient (Wildman–Crippen LogP) is 3.02. The lowest BCUT2D eigenvalue weighted by atomic mass is 10.2. The third-order valence-corrected chi connectivity index (χ3v) is 2.27. The van der Waals surface area contributed by atoms with Crippen LogP contribution in [-0.2, 0) is 0 Å². The van der Waals surface area contributed by atoms with Gasteiger partial charge in [0, 0.05) is 12.3 Å². The third-order valence-electron chi connectivity index (χ3n) is 2.27. The number of hydrogen-bond donors (Lipinski definition) is 1. The van der Waals surface area contributed by atoms with Crippen molar-refractivity contribution in [1.82, 2.24) is 4.98 Å². The number of rotatable bonds is 3. The average molecular weight is 247 g/mol. The number of ether oxygens (including phenoxy) is 1. The molecule has 0 unspecified atom stereocenters. The smallest absolute Gasteiger partial charge is 0.339 e. The van der Waals surface area contributed by atoms with Crippen LogP contribution in [0.5, 0.6) is 11.6 Å². The van der Waals surface area contributed by atoms with E-state index in [1.165, 1.54) is 6.07 Å². The van der Waals surface area contributed by atoms with Gasteiger partial charge in [-0.25, -0.2) is 14.2 Å². The summed E-state index contributed by atoms with van der Waals surface area (Å²) >= 11 is 0. The van der Waals surface area contributed by atoms with Crippen molar-refractivity contribution in [1.29, 1.82) is 0 Å². The van der Waals surface area contributed by atoms with Crippen LogP contribution in [0.2, 0.25) is 0 Å². The highest BCUT2D eigenvalue weighted by Gasteiger charge is 2.13. The lowest BCUT2D eigenvalue weighted by Gasteiger charge is -2.07. The Kier molecular flexibility index (Phi) is 3.23. The van der Waals surface area contributed by atoms with Crippen LogP contribution in [0.1, 0.15) is 15.9 Å². The summed E-state index contributed by atoms with van der Waals surface area (Å²) in [4.78, 5) is 14.9. The minimum atomic E-state index is -1.25. The van der Waals surface area contributed by atoms with Gasteiger partial charge in [-0.1, -0.05) is 6.07 Å². The molecule has 0 saturated heterocycles. The van der Waals surface area contributed by atoms with Crippen LogP contribution in [-0.4, -0.2) is 16.1 Å². The number of hydrogen-bond acceptors (Lipinski definition) is 3. The Morgan fingerprint density at radius 3 is 2.72 bits per heavy atom. The highest BCUT2D eigenvalue weighted by Crippen LogP contribution is 2.24. The maximum Gasteiger partial charge on any atom is 0.339 e. The van der Waals surface area contributed by atoms with Crippen molar-refractivity contribution in [3.05, 3.63) is 53.5 Å². The van der Waals surface area contributed by atoms with Crippen molar-refractivity contribution in [2.24, 2.45) is 0 Å². The number of aryl methyl sites for hydroxylation is 1. The van der Waals surface area contributed by atoms with E-state index < -0.39 is 11.8 Å². The summed E-state index contributed by atoms with van der Waals surface area (Å²) < 4.78 is 18.3. The summed E-state index contributed by atoms with van der Waals surface area (Å²) in [5.41, 5.74) is 0.720. The number of nitrogens with zero attached hydrogens (tertiary/aromatic N) is 1. The zero-order chi connectivity index (χ0) is 13.1. The molecule has 0 fully saturated rings. The van der Waals surface area contributed by atoms with Gasteiger partial charge in [0.15, 0.2) is 0 Å². The van der Waals surface area contributed by atoms with E-state index in [0.717, 1.165) is 17.7 Å². The molecule has 1 N–H and O–H groups in total. The summed E-state index contributed by atoms with van der Waals surface area (Å²) in [5.74, 6) is -1.57. The van der Waals surface area contributed by atoms with E-state index in [1.54, 1.807) is 18.3 Å². The minimum Gasteiger partial charge on any atom is -0.478 e. The van der Waals surface area contributed by atoms with E-state index in [1.807, 2.05) is 6.92 Å². The van der Waals surface area contributed by atoms with Crippen molar-refractivity contribution in [2.75, 3.05) is 0 Å². The molecule has 0 amide bonds. The highest BCUT2D eigenvalue weighted by molar-refractivity contribution is 5.90. The lowest BCUT2D eigenvalue weighted by Crippen LogP contribution is -2.01. The van der Waals surface area contributed by atoms with Crippen molar-refractivity contribution in [3.63, 3.8) is 0 Å². The molecule has 1 aromatic carbocycles. The van der Waals surface area contributed by atoms with E-state index in [0.29, 0.717) is 0 Å². The zero-order valence-corrected chi connectivity index (χ0v) is 9.55. The van der Waals surface area contributed by atoms with E-state index >= 15 is 0 Å². The number of benzene rings is 1. The van der Waals surface area contributed by atoms with Crippen LogP contribution in [0.25, 0.3) is 0 Å². The number of carboxylic acid groups (broad SMARTS) is 1. The first-order valence-corrected chi connectivity index (χ1v) is 5.19. The number of pyridine rings is 1. The Labute approximate surface area is 103 Å². The highest BCUT2D eigenvalue weighted by atomic mass is 19.1. The Bertz CT molecular complexity index is 581. The van der Waals surface area contributed by atoms with Crippen molar-refractivity contribution in [3.8, 4) is 11.6 Å². The van der Waals surface area contributed by atoms with Crippen molar-refractivity contribution >= 4 is 5.97 Å². The molecule has 2 aromatic rings. The standard InChI is InChI=1S/C13H10FNO3/c1-8-2-5-12(15-7-8)18-11-4-3-9(14)6-10(11)13(16)17/h2-7H,1H3,(H,16,17). The van der Waals surface area contributed by atoms with Crippen LogP contribution in [0.3, 0.4) is 0 Å². The minimum absolute atomic E-state index is 0.0558. The molecule has 18 heavy (non-hydrogen) atoms. The molecule has 0 spiro atoms. The fourth-order valence-corrected chi connectivity index (χ4v) is 1.39. The molecule has 2 rings (SSSR count). The van der Waals surface area contributed by atoms with Gasteiger partial charge < -0.3 is 9.84 Å². The van der Waals surface area contributed by atoms with Gasteiger partial charge in [0.2, 0.25) is 5.88 Å². The van der Waals surface area contributed by atoms with E-state index in [4.69, 9.17) is 9.84 Å². The Morgan fingerprint density at radius 2 is 2.11 bits per heavy atom. The molecule has 92 valence electrons. The monoisotopic (exact) mass is 247 g/mol. The topological polar surface area (TPSA) is 59.4 Å². The molecule has 1 heterocycles. The first-order valence-electron chi connectivity index (χ1n) is 5.19. The Balaban J connectivity index is 2.34. The molecule has 0 aliphatic carbocycles. The first kappa shape index (κ1) is 12.0. The van der Waals surface area contributed by atoms with Gasteiger partial charge in [-0.15, -0.1) is 0 Å². The Hall–Kier alpha value is -2.43. The van der Waals surface area contributed by atoms with Gasteiger partial charge >= 0.3 is 5.97 Å². The second-order valence-corrected chi connectivity index (χ2v) is 3.72. The number of halogens is 1. The number of aromatic nitrogens is 1. The summed E-state index contributed by atoms with van der Waals surface area (Å²) in [6.45, 7) is 1.87. The van der Waals surface area contributed by atoms with Gasteiger partial charge in [-0.2, -0.15) is 0 Å². The second-order valence-electron chi connectivity index (χ2n) is 3.72. The predicted molar refractivity (Wildman–Crippen MR) is 62.4 cm³/mol. The zero-order valence-electron chi connectivity index (χ0n) is 9.55. The molecule has 0 aliphatic rings. The molecule has 0 atom stereocenters. The number of carboxylic acids is 1. The maximum atomic E-state index is 13.0. The van der Waals surface area contributed by atoms with Crippen molar-refractivity contribution < 1.29 is 19.0 Å². The average Bonchev–Trinajstić information content (AvgIpc) is 2.34. The van der Waals surface area contributed by atoms with E-state index in [-0.39, 0.29) is 17.2 Å². The van der Waals surface area contributed by atoms with Crippen LogP contribution in [0, 0.1) is 12.7 Å². The summed E-state index contributed by atoms with van der Waals surface area (Å²) in [5, 5.41) is 8.95. The van der Waals surface area contributed by atoms with Gasteiger partial charge in [0.25, 0.3) is 0 Å². The van der Waals surface area contributed by atoms with Crippen LogP contribution in [0.4, 0.5) is 4.39 Å². The second kappa shape index (κ2) is 4.83. The van der Waals surface area contributed by atoms with Gasteiger partial charge in [-0.05, 0) is 30.7 Å². The number of aromatic carboxylic acids is 1. The van der Waals surface area contributed by atoms with Gasteiger partial charge in [0.1, 0.15) is 17.1 Å². The van der Waals surface area contributed by atoms with Gasteiger partial charge in [-0.3, -0.25) is 0 Å². The molecular formula is C13H10FNO3. The normalized spacial score (nSPS) is 10.1. The van der Waals surface area contributed by atoms with Crippen LogP contribution >= 0.6 is 0 Å². The van der Waals surface area contributed by atoms with E-state index in [9.17, 15) is 9.18 Å². The molecule has 0 radical (unpaired) electrons. The molecule has 0 aliphatic heterocycles. The SMILES string of the molecule is Cc1ccc(Oc2ccc(F)cc2C(=O)O)nc1. The lowest BCUT2D eigenvalue weighted by molar-refractivity contribution is 0.0693. The van der Waals surface area contributed by atoms with Crippen LogP contribution < -0.4 is 4.74 Å². The summed E-state index contributed by atoms with van der Waals surface area (Å²) in [6, 6.07) is 6.71. The fraction of sp³-hybridized carbons (Fsp3) is 0.0769. The largest absolute Gasteiger partial charge is 0.478 e. The molecular weight excluding hydrogens is 237 g/mol.